The average molecular weight is 509 g/mol. The van der Waals surface area contributed by atoms with Crippen molar-refractivity contribution in [2.45, 2.75) is 25.1 Å². The number of hydrogen-bond acceptors (Lipinski definition) is 6. The zero-order valence-corrected chi connectivity index (χ0v) is 20.4. The zero-order chi connectivity index (χ0) is 26.1. The Balaban J connectivity index is 1.40. The van der Waals surface area contributed by atoms with E-state index in [0.29, 0.717) is 41.2 Å². The van der Waals surface area contributed by atoms with Crippen LogP contribution in [0.1, 0.15) is 24.4 Å². The van der Waals surface area contributed by atoms with Gasteiger partial charge in [0.15, 0.2) is 18.3 Å². The molecular weight excluding hydrogens is 483 g/mol. The summed E-state index contributed by atoms with van der Waals surface area (Å²) in [6, 6.07) is 23.1. The monoisotopic (exact) mass is 508 g/mol. The van der Waals surface area contributed by atoms with Crippen LogP contribution in [0.25, 0.3) is 33.7 Å². The number of benzene rings is 3. The van der Waals surface area contributed by atoms with E-state index in [4.69, 9.17) is 9.72 Å². The summed E-state index contributed by atoms with van der Waals surface area (Å²) in [5, 5.41) is 10.4. The van der Waals surface area contributed by atoms with Crippen molar-refractivity contribution >= 4 is 17.3 Å². The van der Waals surface area contributed by atoms with Crippen molar-refractivity contribution in [2.75, 3.05) is 6.54 Å². The maximum atomic E-state index is 14.3. The lowest BCUT2D eigenvalue weighted by molar-refractivity contribution is -0.125. The van der Waals surface area contributed by atoms with E-state index in [1.54, 1.807) is 41.4 Å². The number of halogens is 1. The molecule has 8 heteroatoms. The molecule has 0 aliphatic carbocycles. The average Bonchev–Trinajstić information content (AvgIpc) is 3.61. The van der Waals surface area contributed by atoms with Gasteiger partial charge in [-0.1, -0.05) is 36.4 Å². The summed E-state index contributed by atoms with van der Waals surface area (Å²) in [5.74, 6) is 1.50. The molecular formula is C30H25FN4O3. The number of likely N-dealkylation sites (tertiary alicyclic amines) is 1. The molecule has 190 valence electrons. The number of nitrogens with zero attached hydrogens (tertiary/aromatic N) is 3. The standard InChI is InChI=1S/C30H25FN4O3/c31-23-7-2-1-6-21(23)19-10-12-20(13-11-19)38-28-17-26-25(33-30(34-26)24-8-3-4-14-32-24)16-22(28)27-9-5-15-35(27)29(37)18-36/h1-4,6-8,10-14,16-18,27,29,37H,5,9,15H2,(H,33,34). The summed E-state index contributed by atoms with van der Waals surface area (Å²) in [6.45, 7) is 0.599. The quantitative estimate of drug-likeness (QED) is 0.267. The first-order valence-electron chi connectivity index (χ1n) is 12.5. The number of rotatable bonds is 7. The van der Waals surface area contributed by atoms with Gasteiger partial charge in [-0.25, -0.2) is 9.37 Å². The van der Waals surface area contributed by atoms with Gasteiger partial charge >= 0.3 is 0 Å². The summed E-state index contributed by atoms with van der Waals surface area (Å²) in [4.78, 5) is 25.7. The molecule has 2 N–H and O–H groups in total. The van der Waals surface area contributed by atoms with Gasteiger partial charge in [-0.05, 0) is 54.8 Å². The largest absolute Gasteiger partial charge is 0.457 e. The smallest absolute Gasteiger partial charge is 0.164 e. The fourth-order valence-electron chi connectivity index (χ4n) is 5.07. The van der Waals surface area contributed by atoms with Crippen LogP contribution in [0.15, 0.2) is 85.1 Å². The highest BCUT2D eigenvalue weighted by Gasteiger charge is 2.33. The highest BCUT2D eigenvalue weighted by Crippen LogP contribution is 2.41. The van der Waals surface area contributed by atoms with Gasteiger partial charge in [-0.2, -0.15) is 0 Å². The molecule has 7 nitrogen and oxygen atoms in total. The molecule has 2 atom stereocenters. The molecule has 1 saturated heterocycles. The van der Waals surface area contributed by atoms with Crippen molar-refractivity contribution in [3.05, 3.63) is 96.4 Å². The third-order valence-corrected chi connectivity index (χ3v) is 6.90. The van der Waals surface area contributed by atoms with Crippen molar-refractivity contribution < 1.29 is 19.0 Å². The van der Waals surface area contributed by atoms with Gasteiger partial charge in [0, 0.05) is 36.0 Å². The van der Waals surface area contributed by atoms with E-state index in [0.717, 1.165) is 35.2 Å². The number of aliphatic hydroxyl groups excluding tert-OH is 1. The van der Waals surface area contributed by atoms with Crippen molar-refractivity contribution in [2.24, 2.45) is 0 Å². The van der Waals surface area contributed by atoms with Crippen LogP contribution in [0.5, 0.6) is 11.5 Å². The molecule has 1 aliphatic rings. The Hall–Kier alpha value is -4.40. The molecule has 3 aromatic carbocycles. The van der Waals surface area contributed by atoms with Crippen LogP contribution < -0.4 is 4.74 Å². The normalized spacial score (nSPS) is 16.5. The Kier molecular flexibility index (Phi) is 6.41. The first-order chi connectivity index (χ1) is 18.6. The SMILES string of the molecule is O=CC(O)N1CCCC1c1cc2[nH]c(-c3ccccn3)nc2cc1Oc1ccc(-c2ccccc2F)cc1. The number of hydrogen-bond donors (Lipinski definition) is 2. The topological polar surface area (TPSA) is 91.3 Å². The van der Waals surface area contributed by atoms with Crippen LogP contribution >= 0.6 is 0 Å². The molecule has 2 unspecified atom stereocenters. The van der Waals surface area contributed by atoms with Crippen LogP contribution in [0.4, 0.5) is 4.39 Å². The van der Waals surface area contributed by atoms with Gasteiger partial charge in [0.2, 0.25) is 0 Å². The molecule has 0 saturated carbocycles. The Bertz CT molecular complexity index is 1590. The maximum absolute atomic E-state index is 14.3. The number of fused-ring (bicyclic) bond motifs is 1. The minimum atomic E-state index is -1.20. The van der Waals surface area contributed by atoms with E-state index >= 15 is 0 Å². The van der Waals surface area contributed by atoms with Gasteiger partial charge in [0.25, 0.3) is 0 Å². The number of aldehydes is 1. The number of pyridine rings is 1. The Morgan fingerprint density at radius 1 is 1.08 bits per heavy atom. The summed E-state index contributed by atoms with van der Waals surface area (Å²) in [7, 11) is 0. The molecule has 1 aliphatic heterocycles. The Morgan fingerprint density at radius 2 is 1.89 bits per heavy atom. The van der Waals surface area contributed by atoms with Crippen molar-refractivity contribution in [1.82, 2.24) is 19.9 Å². The van der Waals surface area contributed by atoms with E-state index in [9.17, 15) is 14.3 Å². The summed E-state index contributed by atoms with van der Waals surface area (Å²) >= 11 is 0. The first kappa shape index (κ1) is 24.0. The van der Waals surface area contributed by atoms with Gasteiger partial charge in [-0.3, -0.25) is 14.7 Å². The van der Waals surface area contributed by atoms with Gasteiger partial charge in [0.05, 0.1) is 11.0 Å². The van der Waals surface area contributed by atoms with Crippen LogP contribution in [0.3, 0.4) is 0 Å². The second-order valence-corrected chi connectivity index (χ2v) is 9.26. The molecule has 2 aromatic heterocycles. The Labute approximate surface area is 218 Å². The van der Waals surface area contributed by atoms with Crippen LogP contribution in [0.2, 0.25) is 0 Å². The van der Waals surface area contributed by atoms with E-state index < -0.39 is 6.23 Å². The molecule has 6 rings (SSSR count). The van der Waals surface area contributed by atoms with Gasteiger partial charge in [-0.15, -0.1) is 0 Å². The maximum Gasteiger partial charge on any atom is 0.164 e. The van der Waals surface area contributed by atoms with Crippen molar-refractivity contribution in [3.8, 4) is 34.1 Å². The predicted molar refractivity (Wildman–Crippen MR) is 142 cm³/mol. The summed E-state index contributed by atoms with van der Waals surface area (Å²) in [5.41, 5.74) is 4.32. The highest BCUT2D eigenvalue weighted by atomic mass is 19.1. The molecule has 5 aromatic rings. The first-order valence-corrected chi connectivity index (χ1v) is 12.5. The highest BCUT2D eigenvalue weighted by molar-refractivity contribution is 5.82. The summed E-state index contributed by atoms with van der Waals surface area (Å²) in [6.07, 6.45) is 2.67. The molecule has 0 radical (unpaired) electrons. The van der Waals surface area contributed by atoms with Crippen LogP contribution in [-0.4, -0.2) is 44.0 Å². The number of H-pyrrole nitrogens is 1. The number of ether oxygens (including phenoxy) is 1. The fraction of sp³-hybridized carbons (Fsp3) is 0.167. The third kappa shape index (κ3) is 4.55. The molecule has 1 fully saturated rings. The molecule has 0 spiro atoms. The Morgan fingerprint density at radius 3 is 2.66 bits per heavy atom. The van der Waals surface area contributed by atoms with Crippen molar-refractivity contribution in [1.29, 1.82) is 0 Å². The summed E-state index contributed by atoms with van der Waals surface area (Å²) < 4.78 is 20.6. The number of aromatic amines is 1. The van der Waals surface area contributed by atoms with Crippen LogP contribution in [-0.2, 0) is 4.79 Å². The number of nitrogens with one attached hydrogen (secondary N) is 1. The van der Waals surface area contributed by atoms with Gasteiger partial charge in [0.1, 0.15) is 23.0 Å². The van der Waals surface area contributed by atoms with E-state index in [2.05, 4.69) is 9.97 Å². The minimum absolute atomic E-state index is 0.214. The van der Waals surface area contributed by atoms with E-state index in [-0.39, 0.29) is 11.9 Å². The van der Waals surface area contributed by atoms with Crippen LogP contribution in [0, 0.1) is 5.82 Å². The lowest BCUT2D eigenvalue weighted by atomic mass is 10.0. The lowest BCUT2D eigenvalue weighted by Crippen LogP contribution is -2.35. The number of carbonyl (C=O) groups is 1. The predicted octanol–water partition coefficient (Wildman–Crippen LogP) is 5.88. The fourth-order valence-corrected chi connectivity index (χ4v) is 5.07. The number of carbonyl (C=O) groups excluding carboxylic acids is 1. The van der Waals surface area contributed by atoms with E-state index in [1.807, 2.05) is 42.5 Å². The molecule has 38 heavy (non-hydrogen) atoms. The second-order valence-electron chi connectivity index (χ2n) is 9.26. The number of aliphatic hydroxyl groups is 1. The molecule has 0 bridgehead atoms. The van der Waals surface area contributed by atoms with Crippen molar-refractivity contribution in [3.63, 3.8) is 0 Å². The van der Waals surface area contributed by atoms with Gasteiger partial charge < -0.3 is 14.8 Å². The minimum Gasteiger partial charge on any atom is -0.457 e. The zero-order valence-electron chi connectivity index (χ0n) is 20.4. The molecule has 0 amide bonds. The number of aromatic nitrogens is 3. The second kappa shape index (κ2) is 10.2. The lowest BCUT2D eigenvalue weighted by Gasteiger charge is -2.28. The van der Waals surface area contributed by atoms with E-state index in [1.165, 1.54) is 6.07 Å². The third-order valence-electron chi connectivity index (χ3n) is 6.90. The number of imidazole rings is 1. The molecule has 3 heterocycles.